The van der Waals surface area contributed by atoms with Crippen molar-refractivity contribution >= 4 is 61.0 Å². The van der Waals surface area contributed by atoms with Crippen molar-refractivity contribution in [2.24, 2.45) is 0 Å². The van der Waals surface area contributed by atoms with Gasteiger partial charge in [0.05, 0.1) is 11.1 Å². The minimum atomic E-state index is -0.447. The van der Waals surface area contributed by atoms with E-state index in [0.29, 0.717) is 28.1 Å². The van der Waals surface area contributed by atoms with Gasteiger partial charge in [-0.3, -0.25) is 25.8 Å². The van der Waals surface area contributed by atoms with Crippen molar-refractivity contribution in [1.29, 1.82) is 0 Å². The first kappa shape index (κ1) is 27.1. The number of carbonyl (C=O) groups is 2. The number of nitrogens with one attached hydrogen (secondary N) is 3. The Kier molecular flexibility index (Phi) is 11.6. The third kappa shape index (κ3) is 9.69. The molecule has 0 radical (unpaired) electrons. The number of aryl methyl sites for hydroxylation is 1. The minimum Gasteiger partial charge on any atom is -0.492 e. The number of unbranched alkanes of at least 4 members (excludes halogenated alkanes) is 3. The Labute approximate surface area is 216 Å². The number of halogens is 2. The predicted molar refractivity (Wildman–Crippen MR) is 139 cm³/mol. The lowest BCUT2D eigenvalue weighted by molar-refractivity contribution is -0.123. The highest BCUT2D eigenvalue weighted by molar-refractivity contribution is 9.10. The number of benzene rings is 2. The number of carbonyl (C=O) groups excluding carboxylic acids is 2. The maximum Gasteiger partial charge on any atom is 0.276 e. The summed E-state index contributed by atoms with van der Waals surface area (Å²) in [5.41, 5.74) is 6.17. The van der Waals surface area contributed by atoms with Gasteiger partial charge in [-0.15, -0.1) is 0 Å². The summed E-state index contributed by atoms with van der Waals surface area (Å²) in [6.07, 6.45) is 4.48. The molecule has 0 saturated carbocycles. The Bertz CT molecular complexity index is 988. The van der Waals surface area contributed by atoms with Gasteiger partial charge >= 0.3 is 0 Å². The fraction of sp³-hybridized carbons (Fsp3) is 0.348. The van der Waals surface area contributed by atoms with E-state index in [-0.39, 0.29) is 11.7 Å². The molecule has 10 heteroatoms. The molecular weight excluding hydrogens is 574 g/mol. The number of hydrazine groups is 1. The lowest BCUT2D eigenvalue weighted by Gasteiger charge is -2.13. The van der Waals surface area contributed by atoms with Gasteiger partial charge in [0.2, 0.25) is 0 Å². The fourth-order valence-electron chi connectivity index (χ4n) is 2.76. The third-order valence-electron chi connectivity index (χ3n) is 4.49. The molecule has 0 aliphatic rings. The lowest BCUT2D eigenvalue weighted by atomic mass is 10.2. The van der Waals surface area contributed by atoms with Crippen molar-refractivity contribution in [2.75, 3.05) is 13.2 Å². The summed E-state index contributed by atoms with van der Waals surface area (Å²) in [4.78, 5) is 24.4. The predicted octanol–water partition coefficient (Wildman–Crippen LogP) is 5.19. The zero-order chi connectivity index (χ0) is 24.2. The molecule has 0 aromatic heterocycles. The summed E-state index contributed by atoms with van der Waals surface area (Å²) in [6.45, 7) is 4.46. The molecule has 33 heavy (non-hydrogen) atoms. The van der Waals surface area contributed by atoms with Gasteiger partial charge in [-0.1, -0.05) is 42.1 Å². The molecule has 7 nitrogen and oxygen atoms in total. The second-order valence-electron chi connectivity index (χ2n) is 7.21. The van der Waals surface area contributed by atoms with E-state index in [1.54, 1.807) is 24.3 Å². The molecule has 0 saturated heterocycles. The van der Waals surface area contributed by atoms with Crippen LogP contribution in [0.5, 0.6) is 11.5 Å². The smallest absolute Gasteiger partial charge is 0.276 e. The number of hydrogen-bond donors (Lipinski definition) is 3. The molecule has 2 amide bonds. The van der Waals surface area contributed by atoms with Crippen molar-refractivity contribution in [2.45, 2.75) is 39.5 Å². The topological polar surface area (TPSA) is 88.7 Å². The maximum atomic E-state index is 12.4. The second kappa shape index (κ2) is 14.2. The lowest BCUT2D eigenvalue weighted by Crippen LogP contribution is -2.49. The van der Waals surface area contributed by atoms with Crippen molar-refractivity contribution in [3.05, 3.63) is 56.5 Å². The van der Waals surface area contributed by atoms with Gasteiger partial charge in [0.1, 0.15) is 11.5 Å². The van der Waals surface area contributed by atoms with Crippen LogP contribution in [-0.4, -0.2) is 30.1 Å². The van der Waals surface area contributed by atoms with Crippen LogP contribution in [0.4, 0.5) is 0 Å². The largest absolute Gasteiger partial charge is 0.492 e. The van der Waals surface area contributed by atoms with Crippen LogP contribution in [0.2, 0.25) is 0 Å². The third-order valence-corrected chi connectivity index (χ3v) is 5.80. The van der Waals surface area contributed by atoms with E-state index in [4.69, 9.17) is 21.7 Å². The number of ether oxygens (including phenoxy) is 2. The fourth-order valence-corrected chi connectivity index (χ4v) is 3.87. The Morgan fingerprint density at radius 2 is 1.73 bits per heavy atom. The second-order valence-corrected chi connectivity index (χ2v) is 9.39. The highest BCUT2D eigenvalue weighted by Crippen LogP contribution is 2.26. The van der Waals surface area contributed by atoms with Gasteiger partial charge in [0.25, 0.3) is 11.8 Å². The molecule has 0 aliphatic carbocycles. The summed E-state index contributed by atoms with van der Waals surface area (Å²) in [7, 11) is 0. The molecule has 3 N–H and O–H groups in total. The molecule has 0 heterocycles. The normalized spacial score (nSPS) is 10.3. The molecule has 0 aliphatic heterocycles. The van der Waals surface area contributed by atoms with Crippen LogP contribution in [0.25, 0.3) is 0 Å². The molecule has 0 bridgehead atoms. The Morgan fingerprint density at radius 3 is 2.42 bits per heavy atom. The highest BCUT2D eigenvalue weighted by atomic mass is 79.9. The Balaban J connectivity index is 1.75. The SMILES string of the molecule is CCCCCCOc1ccc(C(=O)NC(=S)NNC(=O)COc2ccc(Br)cc2C)cc1Br. The summed E-state index contributed by atoms with van der Waals surface area (Å²) in [6, 6.07) is 10.5. The van der Waals surface area contributed by atoms with E-state index in [2.05, 4.69) is 55.0 Å². The first-order chi connectivity index (χ1) is 15.8. The quantitative estimate of drug-likeness (QED) is 0.197. The minimum absolute atomic E-state index is 0.0412. The molecule has 0 atom stereocenters. The van der Waals surface area contributed by atoms with Gasteiger partial charge in [-0.05, 0) is 83.5 Å². The van der Waals surface area contributed by atoms with Crippen molar-refractivity contribution in [1.82, 2.24) is 16.2 Å². The Morgan fingerprint density at radius 1 is 0.970 bits per heavy atom. The summed E-state index contributed by atoms with van der Waals surface area (Å²) in [5.74, 6) is 0.413. The van der Waals surface area contributed by atoms with E-state index < -0.39 is 11.8 Å². The summed E-state index contributed by atoms with van der Waals surface area (Å²) in [5, 5.41) is 2.47. The molecule has 2 aromatic rings. The van der Waals surface area contributed by atoms with Crippen LogP contribution in [0.15, 0.2) is 45.3 Å². The zero-order valence-electron chi connectivity index (χ0n) is 18.5. The molecule has 0 spiro atoms. The first-order valence-electron chi connectivity index (χ1n) is 10.5. The van der Waals surface area contributed by atoms with Gasteiger partial charge in [-0.2, -0.15) is 0 Å². The van der Waals surface area contributed by atoms with Crippen molar-refractivity contribution < 1.29 is 19.1 Å². The average molecular weight is 601 g/mol. The molecule has 2 rings (SSSR count). The Hall–Kier alpha value is -2.17. The van der Waals surface area contributed by atoms with E-state index in [1.165, 1.54) is 12.8 Å². The summed E-state index contributed by atoms with van der Waals surface area (Å²) >= 11 is 11.9. The van der Waals surface area contributed by atoms with Crippen molar-refractivity contribution in [3.63, 3.8) is 0 Å². The maximum absolute atomic E-state index is 12.4. The van der Waals surface area contributed by atoms with Gasteiger partial charge in [0.15, 0.2) is 11.7 Å². The number of thiocarbonyl (C=S) groups is 1. The monoisotopic (exact) mass is 599 g/mol. The molecule has 2 aromatic carbocycles. The van der Waals surface area contributed by atoms with Crippen molar-refractivity contribution in [3.8, 4) is 11.5 Å². The van der Waals surface area contributed by atoms with Gasteiger partial charge in [-0.25, -0.2) is 0 Å². The molecular formula is C23H27Br2N3O4S. The highest BCUT2D eigenvalue weighted by Gasteiger charge is 2.12. The van der Waals surface area contributed by atoms with E-state index >= 15 is 0 Å². The number of rotatable bonds is 10. The number of amides is 2. The zero-order valence-corrected chi connectivity index (χ0v) is 22.5. The van der Waals surface area contributed by atoms with Gasteiger partial charge in [0, 0.05) is 10.0 Å². The first-order valence-corrected chi connectivity index (χ1v) is 12.5. The van der Waals surface area contributed by atoms with Crippen LogP contribution < -0.4 is 25.6 Å². The van der Waals surface area contributed by atoms with Crippen LogP contribution in [0.3, 0.4) is 0 Å². The van der Waals surface area contributed by atoms with Gasteiger partial charge < -0.3 is 9.47 Å². The van der Waals surface area contributed by atoms with E-state index in [9.17, 15) is 9.59 Å². The molecule has 178 valence electrons. The van der Waals surface area contributed by atoms with Crippen LogP contribution in [-0.2, 0) is 4.79 Å². The molecule has 0 unspecified atom stereocenters. The van der Waals surface area contributed by atoms with Crippen LogP contribution >= 0.6 is 44.1 Å². The van der Waals surface area contributed by atoms with Crippen LogP contribution in [0, 0.1) is 6.92 Å². The van der Waals surface area contributed by atoms with E-state index in [0.717, 1.165) is 22.9 Å². The summed E-state index contributed by atoms with van der Waals surface area (Å²) < 4.78 is 12.8. The standard InChI is InChI=1S/C23H27Br2N3O4S/c1-3-4-5-6-11-31-20-9-7-16(13-18(20)25)22(30)26-23(33)28-27-21(29)14-32-19-10-8-17(24)12-15(19)2/h7-10,12-13H,3-6,11,14H2,1-2H3,(H,27,29)(H2,26,28,30,33). The van der Waals surface area contributed by atoms with E-state index in [1.807, 2.05) is 19.1 Å². The average Bonchev–Trinajstić information content (AvgIpc) is 2.77. The molecule has 0 fully saturated rings. The number of hydrogen-bond acceptors (Lipinski definition) is 5. The van der Waals surface area contributed by atoms with Crippen LogP contribution in [0.1, 0.15) is 48.5 Å².